The molecule has 0 saturated carbocycles. The van der Waals surface area contributed by atoms with Gasteiger partial charge in [0, 0.05) is 29.4 Å². The van der Waals surface area contributed by atoms with Crippen molar-refractivity contribution in [1.29, 1.82) is 0 Å². The van der Waals surface area contributed by atoms with Crippen molar-refractivity contribution in [3.63, 3.8) is 0 Å². The third-order valence-corrected chi connectivity index (χ3v) is 4.00. The molecule has 0 aliphatic carbocycles. The molecule has 0 atom stereocenters. The van der Waals surface area contributed by atoms with Crippen molar-refractivity contribution in [3.05, 3.63) is 23.9 Å². The van der Waals surface area contributed by atoms with Gasteiger partial charge in [0.05, 0.1) is 0 Å². The van der Waals surface area contributed by atoms with Gasteiger partial charge in [-0.05, 0) is 19.8 Å². The van der Waals surface area contributed by atoms with Crippen LogP contribution in [0.25, 0.3) is 10.9 Å². The van der Waals surface area contributed by atoms with E-state index in [0.29, 0.717) is 11.6 Å². The van der Waals surface area contributed by atoms with Gasteiger partial charge in [0.1, 0.15) is 5.52 Å². The number of anilines is 1. The van der Waals surface area contributed by atoms with E-state index in [9.17, 15) is 0 Å². The van der Waals surface area contributed by atoms with E-state index < -0.39 is 0 Å². The smallest absolute Gasteiger partial charge is 0.157 e. The minimum atomic E-state index is 0.452. The van der Waals surface area contributed by atoms with Gasteiger partial charge in [-0.25, -0.2) is 9.98 Å². The highest BCUT2D eigenvalue weighted by Gasteiger charge is 2.18. The molecule has 0 spiro atoms. The first-order chi connectivity index (χ1) is 11.1. The van der Waals surface area contributed by atoms with Crippen LogP contribution in [0.4, 0.5) is 11.6 Å². The van der Waals surface area contributed by atoms with Crippen molar-refractivity contribution < 1.29 is 0 Å². The summed E-state index contributed by atoms with van der Waals surface area (Å²) in [6, 6.07) is 0. The number of nitrogen functional groups attached to an aromatic ring is 1. The van der Waals surface area contributed by atoms with Crippen LogP contribution in [0.2, 0.25) is 0 Å². The number of fused-ring (bicyclic) bond motifs is 1. The number of allylic oxidation sites excluding steroid dienone is 1. The fourth-order valence-electron chi connectivity index (χ4n) is 2.87. The maximum Gasteiger partial charge on any atom is 0.157 e. The SMILES string of the molecule is C=C/C=N\c1nc(N)c2nn(CCCCC)c(CCC)c2c1C. The fourth-order valence-corrected chi connectivity index (χ4v) is 2.87. The van der Waals surface area contributed by atoms with Gasteiger partial charge in [0.25, 0.3) is 0 Å². The number of rotatable bonds is 8. The highest BCUT2D eigenvalue weighted by molar-refractivity contribution is 5.95. The van der Waals surface area contributed by atoms with Crippen LogP contribution in [-0.4, -0.2) is 21.0 Å². The number of pyridine rings is 1. The molecule has 0 saturated heterocycles. The Kier molecular flexibility index (Phi) is 5.90. The lowest BCUT2D eigenvalue weighted by atomic mass is 10.1. The topological polar surface area (TPSA) is 69.1 Å². The Labute approximate surface area is 138 Å². The molecule has 0 fully saturated rings. The molecule has 2 N–H and O–H groups in total. The van der Waals surface area contributed by atoms with Crippen LogP contribution >= 0.6 is 0 Å². The van der Waals surface area contributed by atoms with Crippen LogP contribution in [0.1, 0.15) is 50.8 Å². The molecule has 2 heterocycles. The number of aromatic nitrogens is 3. The Balaban J connectivity index is 2.59. The Morgan fingerprint density at radius 1 is 1.26 bits per heavy atom. The highest BCUT2D eigenvalue weighted by atomic mass is 15.3. The molecule has 124 valence electrons. The maximum atomic E-state index is 6.14. The van der Waals surface area contributed by atoms with Crippen LogP contribution in [-0.2, 0) is 13.0 Å². The lowest BCUT2D eigenvalue weighted by molar-refractivity contribution is 0.536. The molecule has 0 aliphatic heterocycles. The Hall–Kier alpha value is -2.17. The van der Waals surface area contributed by atoms with Crippen molar-refractivity contribution in [2.24, 2.45) is 4.99 Å². The lowest BCUT2D eigenvalue weighted by Crippen LogP contribution is -2.05. The number of aliphatic imine (C=N–C) groups is 1. The van der Waals surface area contributed by atoms with Gasteiger partial charge in [-0.15, -0.1) is 0 Å². The standard InChI is InChI=1S/C18H27N5/c1-5-8-9-12-23-14(10-6-2)15-13(4)18(20-11-7-3)21-17(19)16(15)22-23/h7,11H,3,5-6,8-10,12H2,1-2,4H3,(H2,19,21)/b20-11-. The zero-order valence-electron chi connectivity index (χ0n) is 14.5. The molecule has 0 aliphatic rings. The Bertz CT molecular complexity index is 712. The average molecular weight is 313 g/mol. The maximum absolute atomic E-state index is 6.14. The second-order valence-corrected chi connectivity index (χ2v) is 5.81. The van der Waals surface area contributed by atoms with Gasteiger partial charge in [-0.2, -0.15) is 5.10 Å². The van der Waals surface area contributed by atoms with E-state index >= 15 is 0 Å². The third-order valence-electron chi connectivity index (χ3n) is 4.00. The molecule has 0 aromatic carbocycles. The van der Waals surface area contributed by atoms with Gasteiger partial charge in [-0.1, -0.05) is 45.8 Å². The van der Waals surface area contributed by atoms with Crippen molar-refractivity contribution in [2.75, 3.05) is 5.73 Å². The molecule has 5 heteroatoms. The summed E-state index contributed by atoms with van der Waals surface area (Å²) in [6.45, 7) is 11.0. The van der Waals surface area contributed by atoms with Gasteiger partial charge in [0.2, 0.25) is 0 Å². The summed E-state index contributed by atoms with van der Waals surface area (Å²) in [6.07, 6.45) is 8.89. The van der Waals surface area contributed by atoms with E-state index in [0.717, 1.165) is 42.3 Å². The van der Waals surface area contributed by atoms with Crippen molar-refractivity contribution in [2.45, 2.75) is 59.4 Å². The summed E-state index contributed by atoms with van der Waals surface area (Å²) < 4.78 is 2.12. The van der Waals surface area contributed by atoms with Gasteiger partial charge < -0.3 is 5.73 Å². The molecule has 5 nitrogen and oxygen atoms in total. The first kappa shape index (κ1) is 17.2. The predicted molar refractivity (Wildman–Crippen MR) is 98.5 cm³/mol. The third kappa shape index (κ3) is 3.60. The quantitative estimate of drug-likeness (QED) is 0.581. The first-order valence-corrected chi connectivity index (χ1v) is 8.44. The Morgan fingerprint density at radius 2 is 2.04 bits per heavy atom. The summed E-state index contributed by atoms with van der Waals surface area (Å²) in [5.74, 6) is 1.11. The second kappa shape index (κ2) is 7.90. The fraction of sp³-hybridized carbons (Fsp3) is 0.500. The van der Waals surface area contributed by atoms with Gasteiger partial charge in [0.15, 0.2) is 11.6 Å². The largest absolute Gasteiger partial charge is 0.382 e. The summed E-state index contributed by atoms with van der Waals surface area (Å²) in [5.41, 5.74) is 9.24. The molecular weight excluding hydrogens is 286 g/mol. The zero-order chi connectivity index (χ0) is 16.8. The van der Waals surface area contributed by atoms with Gasteiger partial charge >= 0.3 is 0 Å². The molecule has 0 unspecified atom stereocenters. The van der Waals surface area contributed by atoms with E-state index in [1.165, 1.54) is 18.5 Å². The number of hydrogen-bond donors (Lipinski definition) is 1. The molecule has 0 radical (unpaired) electrons. The van der Waals surface area contributed by atoms with E-state index in [-0.39, 0.29) is 0 Å². The molecular formula is C18H27N5. The highest BCUT2D eigenvalue weighted by Crippen LogP contribution is 2.32. The van der Waals surface area contributed by atoms with Gasteiger partial charge in [-0.3, -0.25) is 4.68 Å². The summed E-state index contributed by atoms with van der Waals surface area (Å²) >= 11 is 0. The molecule has 0 bridgehead atoms. The van der Waals surface area contributed by atoms with Crippen LogP contribution in [0.5, 0.6) is 0 Å². The summed E-state index contributed by atoms with van der Waals surface area (Å²) in [5, 5.41) is 5.86. The van der Waals surface area contributed by atoms with Crippen LogP contribution in [0.3, 0.4) is 0 Å². The van der Waals surface area contributed by atoms with Crippen LogP contribution in [0, 0.1) is 6.92 Å². The summed E-state index contributed by atoms with van der Waals surface area (Å²) in [4.78, 5) is 8.76. The van der Waals surface area contributed by atoms with Crippen molar-refractivity contribution >= 4 is 28.8 Å². The lowest BCUT2D eigenvalue weighted by Gasteiger charge is -2.08. The van der Waals surface area contributed by atoms with Crippen LogP contribution in [0.15, 0.2) is 17.6 Å². The molecule has 2 aromatic heterocycles. The predicted octanol–water partition coefficient (Wildman–Crippen LogP) is 4.35. The first-order valence-electron chi connectivity index (χ1n) is 8.44. The number of nitrogens with two attached hydrogens (primary N) is 1. The summed E-state index contributed by atoms with van der Waals surface area (Å²) in [7, 11) is 0. The minimum Gasteiger partial charge on any atom is -0.382 e. The number of aryl methyl sites for hydroxylation is 3. The van der Waals surface area contributed by atoms with Crippen molar-refractivity contribution in [3.8, 4) is 0 Å². The zero-order valence-corrected chi connectivity index (χ0v) is 14.5. The van der Waals surface area contributed by atoms with E-state index in [4.69, 9.17) is 10.8 Å². The normalized spacial score (nSPS) is 11.6. The Morgan fingerprint density at radius 3 is 2.70 bits per heavy atom. The monoisotopic (exact) mass is 313 g/mol. The van der Waals surface area contributed by atoms with E-state index in [2.05, 4.69) is 35.1 Å². The number of nitrogens with zero attached hydrogens (tertiary/aromatic N) is 4. The molecule has 23 heavy (non-hydrogen) atoms. The average Bonchev–Trinajstić information content (AvgIpc) is 2.90. The molecule has 2 rings (SSSR count). The molecule has 2 aromatic rings. The van der Waals surface area contributed by atoms with E-state index in [1.807, 2.05) is 6.92 Å². The molecule has 0 amide bonds. The second-order valence-electron chi connectivity index (χ2n) is 5.81. The van der Waals surface area contributed by atoms with Crippen molar-refractivity contribution in [1.82, 2.24) is 14.8 Å². The minimum absolute atomic E-state index is 0.452. The van der Waals surface area contributed by atoms with E-state index in [1.54, 1.807) is 12.3 Å². The van der Waals surface area contributed by atoms with Crippen LogP contribution < -0.4 is 5.73 Å². The number of hydrogen-bond acceptors (Lipinski definition) is 4. The number of unbranched alkanes of at least 4 members (excludes halogenated alkanes) is 2.